The average molecular weight is 386 g/mol. The van der Waals surface area contributed by atoms with Crippen LogP contribution in [0.25, 0.3) is 0 Å². The fourth-order valence-corrected chi connectivity index (χ4v) is 3.24. The number of aromatic nitrogens is 3. The van der Waals surface area contributed by atoms with Crippen LogP contribution in [-0.2, 0) is 21.4 Å². The quantitative estimate of drug-likeness (QED) is 0.778. The van der Waals surface area contributed by atoms with Crippen molar-refractivity contribution in [3.63, 3.8) is 0 Å². The van der Waals surface area contributed by atoms with Gasteiger partial charge in [0.15, 0.2) is 5.72 Å². The smallest absolute Gasteiger partial charge is 0.451 e. The van der Waals surface area contributed by atoms with Gasteiger partial charge in [0.05, 0.1) is 20.3 Å². The second kappa shape index (κ2) is 6.41. The summed E-state index contributed by atoms with van der Waals surface area (Å²) in [6.45, 7) is 1.09. The normalized spacial score (nSPS) is 24.7. The zero-order valence-corrected chi connectivity index (χ0v) is 14.6. The number of nitrogens with zero attached hydrogens (tertiary/aromatic N) is 3. The number of fused-ring (bicyclic) bond motifs is 1. The van der Waals surface area contributed by atoms with E-state index in [1.54, 1.807) is 24.3 Å². The molecular formula is C16H17F3N4O4. The SMILES string of the molecule is COC(=O)[C@@H]1[C@@H](c2ccc(OC)cc2)Nc2nnc(C(F)(F)F)n2[C@]1(C)O. The lowest BCUT2D eigenvalue weighted by molar-refractivity contribution is -0.179. The molecule has 3 rings (SSSR count). The van der Waals surface area contributed by atoms with Crippen LogP contribution in [0.4, 0.5) is 19.1 Å². The van der Waals surface area contributed by atoms with Gasteiger partial charge in [-0.3, -0.25) is 9.36 Å². The highest BCUT2D eigenvalue weighted by atomic mass is 19.4. The number of carbonyl (C=O) groups excluding carboxylic acids is 1. The van der Waals surface area contributed by atoms with Gasteiger partial charge in [-0.1, -0.05) is 12.1 Å². The van der Waals surface area contributed by atoms with Crippen molar-refractivity contribution >= 4 is 11.9 Å². The molecule has 0 radical (unpaired) electrons. The number of aliphatic hydroxyl groups is 1. The fourth-order valence-electron chi connectivity index (χ4n) is 3.24. The Morgan fingerprint density at radius 3 is 2.41 bits per heavy atom. The number of methoxy groups -OCH3 is 2. The monoisotopic (exact) mass is 386 g/mol. The first-order valence-corrected chi connectivity index (χ1v) is 7.85. The summed E-state index contributed by atoms with van der Waals surface area (Å²) in [5, 5.41) is 20.3. The van der Waals surface area contributed by atoms with E-state index in [4.69, 9.17) is 9.47 Å². The molecule has 146 valence electrons. The molecule has 1 aliphatic heterocycles. The van der Waals surface area contributed by atoms with Crippen molar-refractivity contribution in [2.75, 3.05) is 19.5 Å². The number of halogens is 3. The Morgan fingerprint density at radius 2 is 1.89 bits per heavy atom. The van der Waals surface area contributed by atoms with Crippen molar-refractivity contribution in [1.29, 1.82) is 0 Å². The van der Waals surface area contributed by atoms with Crippen LogP contribution < -0.4 is 10.1 Å². The van der Waals surface area contributed by atoms with Gasteiger partial charge in [0.1, 0.15) is 11.7 Å². The number of esters is 1. The molecule has 1 aliphatic rings. The number of benzene rings is 1. The Morgan fingerprint density at radius 1 is 1.26 bits per heavy atom. The summed E-state index contributed by atoms with van der Waals surface area (Å²) in [5.41, 5.74) is -1.78. The summed E-state index contributed by atoms with van der Waals surface area (Å²) in [7, 11) is 2.58. The first-order chi connectivity index (χ1) is 12.6. The molecule has 0 bridgehead atoms. The topological polar surface area (TPSA) is 98.5 Å². The zero-order chi connectivity index (χ0) is 20.0. The van der Waals surface area contributed by atoms with E-state index >= 15 is 0 Å². The van der Waals surface area contributed by atoms with Crippen LogP contribution in [0, 0.1) is 5.92 Å². The summed E-state index contributed by atoms with van der Waals surface area (Å²) in [6.07, 6.45) is -4.87. The Bertz CT molecular complexity index is 848. The number of rotatable bonds is 3. The molecule has 0 unspecified atom stereocenters. The molecule has 2 aromatic rings. The lowest BCUT2D eigenvalue weighted by Crippen LogP contribution is -2.52. The lowest BCUT2D eigenvalue weighted by atomic mass is 9.83. The minimum Gasteiger partial charge on any atom is -0.497 e. The van der Waals surface area contributed by atoms with E-state index in [0.29, 0.717) is 15.9 Å². The second-order valence-corrected chi connectivity index (χ2v) is 6.17. The van der Waals surface area contributed by atoms with Crippen molar-refractivity contribution in [2.24, 2.45) is 5.92 Å². The van der Waals surface area contributed by atoms with E-state index in [-0.39, 0.29) is 5.95 Å². The van der Waals surface area contributed by atoms with E-state index in [1.165, 1.54) is 7.11 Å². The van der Waals surface area contributed by atoms with Crippen molar-refractivity contribution < 1.29 is 32.5 Å². The Hall–Kier alpha value is -2.82. The molecule has 27 heavy (non-hydrogen) atoms. The van der Waals surface area contributed by atoms with Crippen LogP contribution in [-0.4, -0.2) is 40.1 Å². The number of alkyl halides is 3. The molecule has 11 heteroatoms. The Balaban J connectivity index is 2.15. The highest BCUT2D eigenvalue weighted by Gasteiger charge is 2.55. The highest BCUT2D eigenvalue weighted by molar-refractivity contribution is 5.76. The number of hydrogen-bond acceptors (Lipinski definition) is 7. The van der Waals surface area contributed by atoms with Gasteiger partial charge >= 0.3 is 12.1 Å². The van der Waals surface area contributed by atoms with Gasteiger partial charge in [0.25, 0.3) is 0 Å². The van der Waals surface area contributed by atoms with Crippen molar-refractivity contribution in [2.45, 2.75) is 24.9 Å². The van der Waals surface area contributed by atoms with Gasteiger partial charge in [0, 0.05) is 0 Å². The molecule has 2 heterocycles. The standard InChI is InChI=1S/C16H17F3N4O4/c1-15(25)10(12(24)27-3)11(8-4-6-9(26-2)7-5-8)20-14-22-21-13(23(14)15)16(17,18)19/h4-7,10-11,25H,1-3H3,(H,20,22)/t10-,11+,15+/m0/s1. The molecule has 2 N–H and O–H groups in total. The Kier molecular flexibility index (Phi) is 4.50. The van der Waals surface area contributed by atoms with Crippen LogP contribution in [0.3, 0.4) is 0 Å². The molecule has 0 aliphatic carbocycles. The average Bonchev–Trinajstić information content (AvgIpc) is 3.06. The summed E-state index contributed by atoms with van der Waals surface area (Å²) >= 11 is 0. The minimum absolute atomic E-state index is 0.312. The maximum atomic E-state index is 13.3. The zero-order valence-electron chi connectivity index (χ0n) is 14.6. The van der Waals surface area contributed by atoms with Gasteiger partial charge < -0.3 is 19.9 Å². The van der Waals surface area contributed by atoms with Crippen molar-refractivity contribution in [3.8, 4) is 5.75 Å². The molecule has 8 nitrogen and oxygen atoms in total. The van der Waals surface area contributed by atoms with Gasteiger partial charge in [-0.25, -0.2) is 0 Å². The van der Waals surface area contributed by atoms with Crippen LogP contribution >= 0.6 is 0 Å². The van der Waals surface area contributed by atoms with Crippen LogP contribution in [0.15, 0.2) is 24.3 Å². The van der Waals surface area contributed by atoms with E-state index in [2.05, 4.69) is 15.5 Å². The number of anilines is 1. The highest BCUT2D eigenvalue weighted by Crippen LogP contribution is 2.45. The predicted molar refractivity (Wildman–Crippen MR) is 85.8 cm³/mol. The van der Waals surface area contributed by atoms with Gasteiger partial charge in [-0.15, -0.1) is 10.2 Å². The predicted octanol–water partition coefficient (Wildman–Crippen LogP) is 1.93. The summed E-state index contributed by atoms with van der Waals surface area (Å²) in [4.78, 5) is 12.4. The van der Waals surface area contributed by atoms with E-state index in [9.17, 15) is 23.1 Å². The Labute approximate surface area is 151 Å². The molecule has 0 saturated heterocycles. The van der Waals surface area contributed by atoms with Crippen molar-refractivity contribution in [1.82, 2.24) is 14.8 Å². The molecule has 0 saturated carbocycles. The molecule has 0 spiro atoms. The van der Waals surface area contributed by atoms with Gasteiger partial charge in [0.2, 0.25) is 11.8 Å². The van der Waals surface area contributed by atoms with E-state index < -0.39 is 35.7 Å². The second-order valence-electron chi connectivity index (χ2n) is 6.17. The molecule has 3 atom stereocenters. The van der Waals surface area contributed by atoms with Crippen LogP contribution in [0.2, 0.25) is 0 Å². The van der Waals surface area contributed by atoms with Crippen molar-refractivity contribution in [3.05, 3.63) is 35.7 Å². The number of nitrogens with one attached hydrogen (secondary N) is 1. The van der Waals surface area contributed by atoms with Crippen LogP contribution in [0.1, 0.15) is 24.4 Å². The van der Waals surface area contributed by atoms with Gasteiger partial charge in [-0.2, -0.15) is 13.2 Å². The third-order valence-electron chi connectivity index (χ3n) is 4.51. The molecule has 0 fully saturated rings. The third-order valence-corrected chi connectivity index (χ3v) is 4.51. The molecule has 0 amide bonds. The molecule has 1 aromatic heterocycles. The number of hydrogen-bond donors (Lipinski definition) is 2. The van der Waals surface area contributed by atoms with Crippen LogP contribution in [0.5, 0.6) is 5.75 Å². The lowest BCUT2D eigenvalue weighted by Gasteiger charge is -2.42. The largest absolute Gasteiger partial charge is 0.497 e. The third kappa shape index (κ3) is 3.07. The minimum atomic E-state index is -4.87. The van der Waals surface area contributed by atoms with Gasteiger partial charge in [-0.05, 0) is 24.6 Å². The number of ether oxygens (including phenoxy) is 2. The maximum Gasteiger partial charge on any atom is 0.451 e. The maximum absolute atomic E-state index is 13.3. The molecule has 1 aromatic carbocycles. The summed E-state index contributed by atoms with van der Waals surface area (Å²) in [5.74, 6) is -3.47. The first-order valence-electron chi connectivity index (χ1n) is 7.85. The first kappa shape index (κ1) is 19.0. The molecular weight excluding hydrogens is 369 g/mol. The summed E-state index contributed by atoms with van der Waals surface area (Å²) in [6, 6.07) is 5.59. The fraction of sp³-hybridized carbons (Fsp3) is 0.438. The summed E-state index contributed by atoms with van der Waals surface area (Å²) < 4.78 is 50.1. The van der Waals surface area contributed by atoms with E-state index in [0.717, 1.165) is 14.0 Å². The van der Waals surface area contributed by atoms with E-state index in [1.807, 2.05) is 0 Å². The number of carbonyl (C=O) groups is 1.